The van der Waals surface area contributed by atoms with Gasteiger partial charge in [0.15, 0.2) is 0 Å². The zero-order valence-corrected chi connectivity index (χ0v) is 26.2. The number of hydrogen-bond acceptors (Lipinski definition) is 4. The number of methoxy groups -OCH3 is 4. The predicted molar refractivity (Wildman–Crippen MR) is 168 cm³/mol. The van der Waals surface area contributed by atoms with E-state index in [1.807, 2.05) is 24.3 Å². The summed E-state index contributed by atoms with van der Waals surface area (Å²) in [6, 6.07) is 29.8. The molecule has 0 fully saturated rings. The van der Waals surface area contributed by atoms with Crippen molar-refractivity contribution in [2.24, 2.45) is 0 Å². The Hall–Kier alpha value is -3.92. The monoisotopic (exact) mass is 552 g/mol. The fourth-order valence-corrected chi connectivity index (χ4v) is 5.66. The summed E-state index contributed by atoms with van der Waals surface area (Å²) in [4.78, 5) is 0. The lowest BCUT2D eigenvalue weighted by atomic mass is 9.71. The van der Waals surface area contributed by atoms with Gasteiger partial charge in [-0.25, -0.2) is 0 Å². The molecule has 4 nitrogen and oxygen atoms in total. The summed E-state index contributed by atoms with van der Waals surface area (Å²) >= 11 is 0. The third kappa shape index (κ3) is 5.66. The van der Waals surface area contributed by atoms with Gasteiger partial charge < -0.3 is 18.9 Å². The average Bonchev–Trinajstić information content (AvgIpc) is 3.00. The molecular formula is C37H44O4. The van der Waals surface area contributed by atoms with E-state index in [9.17, 15) is 0 Å². The lowest BCUT2D eigenvalue weighted by molar-refractivity contribution is 0.399. The van der Waals surface area contributed by atoms with E-state index in [2.05, 4.69) is 102 Å². The van der Waals surface area contributed by atoms with Crippen LogP contribution in [0.4, 0.5) is 0 Å². The van der Waals surface area contributed by atoms with Crippen molar-refractivity contribution in [2.45, 2.75) is 57.8 Å². The Morgan fingerprint density at radius 2 is 0.683 bits per heavy atom. The Bertz CT molecular complexity index is 1370. The van der Waals surface area contributed by atoms with Gasteiger partial charge in [0, 0.05) is 27.4 Å². The maximum atomic E-state index is 5.88. The molecule has 0 bridgehead atoms. The number of rotatable bonds is 10. The van der Waals surface area contributed by atoms with Crippen molar-refractivity contribution in [1.29, 1.82) is 0 Å². The third-order valence-electron chi connectivity index (χ3n) is 8.81. The SMILES string of the molecule is COc1ccc(C(C)(C)c2cc(C(C)(C)c3ccc(OC)c(C(C)(C)c4ccc(OC)cc4)c3)ccc2OC)cc1. The zero-order chi connectivity index (χ0) is 30.0. The van der Waals surface area contributed by atoms with Gasteiger partial charge in [0.05, 0.1) is 28.4 Å². The lowest BCUT2D eigenvalue weighted by Crippen LogP contribution is -2.25. The van der Waals surface area contributed by atoms with Crippen molar-refractivity contribution in [3.63, 3.8) is 0 Å². The molecule has 0 saturated carbocycles. The van der Waals surface area contributed by atoms with Crippen LogP contribution in [0.15, 0.2) is 84.9 Å². The van der Waals surface area contributed by atoms with Crippen molar-refractivity contribution in [3.05, 3.63) is 118 Å². The second-order valence-corrected chi connectivity index (χ2v) is 12.2. The highest BCUT2D eigenvalue weighted by atomic mass is 16.5. The summed E-state index contributed by atoms with van der Waals surface area (Å²) < 4.78 is 22.6. The van der Waals surface area contributed by atoms with Crippen LogP contribution < -0.4 is 18.9 Å². The first kappa shape index (κ1) is 30.0. The Morgan fingerprint density at radius 1 is 0.366 bits per heavy atom. The molecule has 4 aromatic carbocycles. The molecule has 0 radical (unpaired) electrons. The Kier molecular flexibility index (Phi) is 8.44. The van der Waals surface area contributed by atoms with Gasteiger partial charge in [0.1, 0.15) is 23.0 Å². The highest BCUT2D eigenvalue weighted by molar-refractivity contribution is 5.54. The van der Waals surface area contributed by atoms with Crippen molar-refractivity contribution in [2.75, 3.05) is 28.4 Å². The predicted octanol–water partition coefficient (Wildman–Crippen LogP) is 8.70. The normalized spacial score (nSPS) is 12.1. The molecule has 0 atom stereocenters. The summed E-state index contributed by atoms with van der Waals surface area (Å²) in [5.41, 5.74) is 6.25. The Labute approximate surface area is 246 Å². The molecule has 4 heteroatoms. The van der Waals surface area contributed by atoms with Crippen molar-refractivity contribution in [3.8, 4) is 23.0 Å². The molecule has 4 aromatic rings. The van der Waals surface area contributed by atoms with E-state index in [0.29, 0.717) is 0 Å². The van der Waals surface area contributed by atoms with Gasteiger partial charge in [-0.1, -0.05) is 90.1 Å². The third-order valence-corrected chi connectivity index (χ3v) is 8.81. The second-order valence-electron chi connectivity index (χ2n) is 12.2. The van der Waals surface area contributed by atoms with E-state index < -0.39 is 0 Å². The van der Waals surface area contributed by atoms with E-state index in [0.717, 1.165) is 34.1 Å². The highest BCUT2D eigenvalue weighted by Crippen LogP contribution is 2.44. The molecule has 0 spiro atoms. The summed E-state index contributed by atoms with van der Waals surface area (Å²) in [6.07, 6.45) is 0. The van der Waals surface area contributed by atoms with E-state index in [4.69, 9.17) is 18.9 Å². The standard InChI is InChI=1S/C37H44O4/c1-35(2,27-15-21-33(40-9)31(23-27)36(3,4)25-11-17-29(38-7)18-12-25)28-16-22-34(41-10)32(24-28)37(5,6)26-13-19-30(39-8)20-14-26/h11-24H,1-10H3. The van der Waals surface area contributed by atoms with E-state index in [-0.39, 0.29) is 16.2 Å². The van der Waals surface area contributed by atoms with Crippen molar-refractivity contribution >= 4 is 0 Å². The quantitative estimate of drug-likeness (QED) is 0.197. The minimum Gasteiger partial charge on any atom is -0.497 e. The summed E-state index contributed by atoms with van der Waals surface area (Å²) in [5.74, 6) is 3.45. The summed E-state index contributed by atoms with van der Waals surface area (Å²) in [7, 11) is 6.87. The molecule has 0 saturated heterocycles. The molecule has 0 amide bonds. The first-order valence-electron chi connectivity index (χ1n) is 14.1. The number of hydrogen-bond donors (Lipinski definition) is 0. The zero-order valence-electron chi connectivity index (χ0n) is 26.2. The lowest BCUT2D eigenvalue weighted by Gasteiger charge is -2.34. The first-order chi connectivity index (χ1) is 19.4. The van der Waals surface area contributed by atoms with E-state index in [1.54, 1.807) is 28.4 Å². The van der Waals surface area contributed by atoms with Gasteiger partial charge in [-0.2, -0.15) is 0 Å². The van der Waals surface area contributed by atoms with Gasteiger partial charge in [-0.05, 0) is 58.7 Å². The van der Waals surface area contributed by atoms with Gasteiger partial charge in [-0.15, -0.1) is 0 Å². The van der Waals surface area contributed by atoms with Gasteiger partial charge in [0.25, 0.3) is 0 Å². The fourth-order valence-electron chi connectivity index (χ4n) is 5.66. The van der Waals surface area contributed by atoms with Gasteiger partial charge >= 0.3 is 0 Å². The van der Waals surface area contributed by atoms with Crippen LogP contribution in [0.25, 0.3) is 0 Å². The van der Waals surface area contributed by atoms with Crippen molar-refractivity contribution in [1.82, 2.24) is 0 Å². The highest BCUT2D eigenvalue weighted by Gasteiger charge is 2.33. The average molecular weight is 553 g/mol. The van der Waals surface area contributed by atoms with Gasteiger partial charge in [0.2, 0.25) is 0 Å². The Balaban J connectivity index is 1.80. The van der Waals surface area contributed by atoms with Crippen LogP contribution in [-0.2, 0) is 16.2 Å². The van der Waals surface area contributed by atoms with Crippen LogP contribution in [-0.4, -0.2) is 28.4 Å². The minimum atomic E-state index is -0.287. The maximum Gasteiger partial charge on any atom is 0.122 e. The van der Waals surface area contributed by atoms with Crippen LogP contribution in [0.3, 0.4) is 0 Å². The molecule has 4 rings (SSSR count). The maximum absolute atomic E-state index is 5.88. The van der Waals surface area contributed by atoms with Crippen LogP contribution >= 0.6 is 0 Å². The molecule has 0 aliphatic rings. The summed E-state index contributed by atoms with van der Waals surface area (Å²) in [6.45, 7) is 13.5. The van der Waals surface area contributed by atoms with Crippen LogP contribution in [0.5, 0.6) is 23.0 Å². The molecule has 0 N–H and O–H groups in total. The molecule has 0 aliphatic heterocycles. The van der Waals surface area contributed by atoms with E-state index in [1.165, 1.54) is 22.3 Å². The minimum absolute atomic E-state index is 0.284. The molecule has 41 heavy (non-hydrogen) atoms. The van der Waals surface area contributed by atoms with Crippen LogP contribution in [0, 0.1) is 0 Å². The van der Waals surface area contributed by atoms with Gasteiger partial charge in [-0.3, -0.25) is 0 Å². The molecule has 0 unspecified atom stereocenters. The number of benzene rings is 4. The second kappa shape index (κ2) is 11.5. The molecule has 0 aliphatic carbocycles. The number of ether oxygens (including phenoxy) is 4. The Morgan fingerprint density at radius 3 is 0.976 bits per heavy atom. The molecular weight excluding hydrogens is 508 g/mol. The van der Waals surface area contributed by atoms with Crippen LogP contribution in [0.2, 0.25) is 0 Å². The topological polar surface area (TPSA) is 36.9 Å². The van der Waals surface area contributed by atoms with Crippen LogP contribution in [0.1, 0.15) is 74.9 Å². The van der Waals surface area contributed by atoms with E-state index >= 15 is 0 Å². The smallest absolute Gasteiger partial charge is 0.122 e. The molecule has 216 valence electrons. The largest absolute Gasteiger partial charge is 0.497 e. The fraction of sp³-hybridized carbons (Fsp3) is 0.351. The van der Waals surface area contributed by atoms with Crippen molar-refractivity contribution < 1.29 is 18.9 Å². The molecule has 0 heterocycles. The first-order valence-corrected chi connectivity index (χ1v) is 14.1. The summed E-state index contributed by atoms with van der Waals surface area (Å²) in [5, 5.41) is 0. The molecule has 0 aromatic heterocycles.